The minimum atomic E-state index is -1.27. The average molecular weight is 1330 g/mol. The zero-order valence-corrected chi connectivity index (χ0v) is 53.7. The number of unbranched alkanes of at least 4 members (excludes halogenated alkanes) is 2. The summed E-state index contributed by atoms with van der Waals surface area (Å²) in [6.45, 7) is 7.62. The van der Waals surface area contributed by atoms with Crippen molar-refractivity contribution in [1.29, 1.82) is 0 Å². The number of hydrogen-bond acceptors (Lipinski definition) is 18. The molecule has 0 radical (unpaired) electrons. The maximum atomic E-state index is 14.1. The molecule has 512 valence electrons. The maximum absolute atomic E-state index is 14.1. The van der Waals surface area contributed by atoms with E-state index in [4.69, 9.17) is 39.9 Å². The van der Waals surface area contributed by atoms with E-state index in [0.29, 0.717) is 49.9 Å². The summed E-state index contributed by atoms with van der Waals surface area (Å²) in [6, 6.07) is 19.2. The van der Waals surface area contributed by atoms with Gasteiger partial charge in [0.2, 0.25) is 35.4 Å². The number of nitrogens with two attached hydrogens (primary N) is 2. The second-order valence-corrected chi connectivity index (χ2v) is 25.9. The molecular formula is C68H84N12O16. The minimum Gasteiger partial charge on any atom is -0.508 e. The highest BCUT2D eigenvalue weighted by atomic mass is 16.8. The molecule has 28 nitrogen and oxygen atoms in total. The summed E-state index contributed by atoms with van der Waals surface area (Å²) in [5.41, 5.74) is 16.1. The summed E-state index contributed by atoms with van der Waals surface area (Å²) in [4.78, 5) is 118. The molecule has 0 aliphatic carbocycles. The molecule has 0 bridgehead atoms. The highest BCUT2D eigenvalue weighted by Gasteiger charge is 2.59. The molecule has 7 unspecified atom stereocenters. The molecule has 8 heterocycles. The molecule has 16 N–H and O–H groups in total. The molecule has 6 aromatic rings. The standard InChI is InChI=1S/2C34H42N6O8/c2*1-34(2)47-28-26-27(46-33(28)48-34)32(45)39-24(15-18-10-12-20(41)13-11-18)30(43)38-25(16-19-17-36-22-8-4-3-7-21(19)22)31(44)37-23(29(42)40-26)9-5-6-14-35/h2*3-4,7-8,10-13,17,23-28,33,36,41H,5-6,9,14-16,35H2,1-2H3,(H,37,44)(H,38,43)(H,39,45)(H,40,42)/t23?,24?,25?,26-,27+,28?,33-;23?,24?,25-,26+,27-,28?,33+/m10/s1. The van der Waals surface area contributed by atoms with Crippen LogP contribution in [0.1, 0.15) is 88.5 Å². The molecule has 14 atom stereocenters. The van der Waals surface area contributed by atoms with Crippen molar-refractivity contribution in [3.63, 3.8) is 0 Å². The Bertz CT molecular complexity index is 3560. The van der Waals surface area contributed by atoms with Crippen LogP contribution in [-0.2, 0) is 92.5 Å². The topological polar surface area (TPSA) is 412 Å². The van der Waals surface area contributed by atoms with Gasteiger partial charge in [-0.15, -0.1) is 0 Å². The fourth-order valence-corrected chi connectivity index (χ4v) is 13.0. The number of amides is 8. The number of phenolic OH excluding ortho intramolecular Hbond substituents is 2. The molecule has 8 amide bonds. The Morgan fingerprint density at radius 3 is 1.10 bits per heavy atom. The van der Waals surface area contributed by atoms with Crippen molar-refractivity contribution in [2.24, 2.45) is 11.5 Å². The van der Waals surface area contributed by atoms with Gasteiger partial charge in [-0.05, 0) is 138 Å². The molecule has 4 aromatic carbocycles. The summed E-state index contributed by atoms with van der Waals surface area (Å²) in [5.74, 6) is -6.70. The second-order valence-electron chi connectivity index (χ2n) is 25.9. The third kappa shape index (κ3) is 16.1. The Labute approximate surface area is 553 Å². The number of phenols is 2. The predicted octanol–water partition coefficient (Wildman–Crippen LogP) is 1.23. The molecule has 28 heteroatoms. The van der Waals surface area contributed by atoms with Gasteiger partial charge < -0.3 is 103 Å². The van der Waals surface area contributed by atoms with E-state index in [1.165, 1.54) is 24.3 Å². The van der Waals surface area contributed by atoms with Crippen molar-refractivity contribution in [2.75, 3.05) is 13.1 Å². The maximum Gasteiger partial charge on any atom is 0.252 e. The van der Waals surface area contributed by atoms with Gasteiger partial charge in [0.05, 0.1) is 12.1 Å². The first-order valence-electron chi connectivity index (χ1n) is 32.5. The van der Waals surface area contributed by atoms with E-state index in [1.807, 2.05) is 48.5 Å². The molecule has 2 aromatic heterocycles. The predicted molar refractivity (Wildman–Crippen MR) is 346 cm³/mol. The number of hydrogen-bond donors (Lipinski definition) is 14. The van der Waals surface area contributed by atoms with E-state index in [-0.39, 0.29) is 50.0 Å². The van der Waals surface area contributed by atoms with Gasteiger partial charge in [0.25, 0.3) is 11.8 Å². The van der Waals surface area contributed by atoms with Crippen LogP contribution in [0.4, 0.5) is 0 Å². The summed E-state index contributed by atoms with van der Waals surface area (Å²) in [5, 5.41) is 44.2. The van der Waals surface area contributed by atoms with Crippen molar-refractivity contribution < 1.29 is 77.0 Å². The molecule has 0 spiro atoms. The molecule has 12 rings (SSSR count). The number of fused-ring (bicyclic) bond motifs is 8. The van der Waals surface area contributed by atoms with Crippen molar-refractivity contribution >= 4 is 69.1 Å². The Morgan fingerprint density at radius 2 is 0.729 bits per heavy atom. The van der Waals surface area contributed by atoms with Crippen LogP contribution in [0.5, 0.6) is 11.5 Å². The van der Waals surface area contributed by atoms with Crippen LogP contribution in [0.15, 0.2) is 109 Å². The molecule has 6 aliphatic heterocycles. The van der Waals surface area contributed by atoms with Gasteiger partial charge in [0, 0.05) is 59.9 Å². The van der Waals surface area contributed by atoms with E-state index in [1.54, 1.807) is 64.4 Å². The van der Waals surface area contributed by atoms with Gasteiger partial charge in [0.15, 0.2) is 36.4 Å². The number of para-hydroxylation sites is 2. The fraction of sp³-hybridized carbons (Fsp3) is 0.471. The Balaban J connectivity index is 0.000000195. The second kappa shape index (κ2) is 29.6. The van der Waals surface area contributed by atoms with Crippen molar-refractivity contribution in [1.82, 2.24) is 52.5 Å². The van der Waals surface area contributed by atoms with Crippen LogP contribution in [0.25, 0.3) is 21.8 Å². The van der Waals surface area contributed by atoms with Gasteiger partial charge in [-0.25, -0.2) is 0 Å². The summed E-state index contributed by atoms with van der Waals surface area (Å²) in [7, 11) is 0. The number of benzene rings is 4. The zero-order chi connectivity index (χ0) is 68.0. The molecule has 6 aliphatic rings. The highest BCUT2D eigenvalue weighted by Crippen LogP contribution is 2.39. The van der Waals surface area contributed by atoms with Gasteiger partial charge in [-0.3, -0.25) is 38.4 Å². The van der Waals surface area contributed by atoms with Gasteiger partial charge >= 0.3 is 0 Å². The van der Waals surface area contributed by atoms with E-state index < -0.39 is 144 Å². The molecular weight excluding hydrogens is 1240 g/mol. The van der Waals surface area contributed by atoms with Gasteiger partial charge in [-0.1, -0.05) is 60.7 Å². The van der Waals surface area contributed by atoms with Crippen LogP contribution < -0.4 is 54.0 Å². The Kier molecular flexibility index (Phi) is 21.1. The van der Waals surface area contributed by atoms with Crippen molar-refractivity contribution in [3.05, 3.63) is 132 Å². The number of nitrogens with one attached hydrogen (secondary N) is 10. The monoisotopic (exact) mass is 1320 g/mol. The smallest absolute Gasteiger partial charge is 0.252 e. The van der Waals surface area contributed by atoms with E-state index in [2.05, 4.69) is 52.5 Å². The number of aromatic amines is 2. The Hall–Kier alpha value is -9.00. The highest BCUT2D eigenvalue weighted by molar-refractivity contribution is 5.98. The summed E-state index contributed by atoms with van der Waals surface area (Å²) in [6.07, 6.45) is 0.657. The molecule has 6 fully saturated rings. The lowest BCUT2D eigenvalue weighted by atomic mass is 10.0. The summed E-state index contributed by atoms with van der Waals surface area (Å²) >= 11 is 0. The largest absolute Gasteiger partial charge is 0.508 e. The quantitative estimate of drug-likeness (QED) is 0.0606. The SMILES string of the molecule is CC1(C)OC2[C@H](O[C@@H]3C(=O)NC(Cc4ccc(O)cc4)C(=O)NC(Cc4c[nH]c5ccccc45)C(=O)NC(CCCCN)C(=O)N[C@@H]23)O1.CC1(C)OC2[C@H](O[C@@H]3C(=O)NC(Cc4ccc(O)cc4)C(=O)N[C@@H](Cc4c[nH]c5ccccc45)C(=O)NC(CCCCN)C(=O)N[C@@H]23)O1. The van der Waals surface area contributed by atoms with E-state index >= 15 is 0 Å². The van der Waals surface area contributed by atoms with Crippen LogP contribution >= 0.6 is 0 Å². The molecule has 96 heavy (non-hydrogen) atoms. The third-order valence-electron chi connectivity index (χ3n) is 17.9. The van der Waals surface area contributed by atoms with Crippen LogP contribution in [0.2, 0.25) is 0 Å². The van der Waals surface area contributed by atoms with Crippen LogP contribution in [-0.4, -0.2) is 177 Å². The first kappa shape index (κ1) is 68.4. The number of H-pyrrole nitrogens is 2. The molecule has 0 saturated carbocycles. The number of ether oxygens (including phenoxy) is 6. The van der Waals surface area contributed by atoms with Gasteiger partial charge in [0.1, 0.15) is 60.0 Å². The lowest BCUT2D eigenvalue weighted by Gasteiger charge is -2.28. The third-order valence-corrected chi connectivity index (χ3v) is 17.9. The lowest BCUT2D eigenvalue weighted by molar-refractivity contribution is -0.208. The number of carbonyl (C=O) groups is 8. The molecule has 6 saturated heterocycles. The first-order chi connectivity index (χ1) is 46.0. The normalized spacial score (nSPS) is 29.0. The minimum absolute atomic E-state index is 0.0393. The average Bonchev–Trinajstić information content (AvgIpc) is 1.61. The lowest BCUT2D eigenvalue weighted by Crippen LogP contribution is -2.58. The fourth-order valence-electron chi connectivity index (χ4n) is 13.0. The van der Waals surface area contributed by atoms with Gasteiger partial charge in [-0.2, -0.15) is 0 Å². The van der Waals surface area contributed by atoms with Crippen molar-refractivity contribution in [2.45, 2.75) is 189 Å². The Morgan fingerprint density at radius 1 is 0.396 bits per heavy atom. The van der Waals surface area contributed by atoms with Crippen LogP contribution in [0.3, 0.4) is 0 Å². The van der Waals surface area contributed by atoms with E-state index in [0.717, 1.165) is 32.9 Å². The van der Waals surface area contributed by atoms with Crippen molar-refractivity contribution in [3.8, 4) is 11.5 Å². The summed E-state index contributed by atoms with van der Waals surface area (Å²) < 4.78 is 35.9. The van der Waals surface area contributed by atoms with E-state index in [9.17, 15) is 48.6 Å². The number of rotatable bonds is 16. The zero-order valence-electron chi connectivity index (χ0n) is 53.7. The number of carbonyl (C=O) groups excluding carboxylic acids is 8. The van der Waals surface area contributed by atoms with Crippen LogP contribution in [0, 0.1) is 0 Å². The number of aromatic nitrogens is 2. The first-order valence-corrected chi connectivity index (χ1v) is 32.5. The number of aromatic hydroxyl groups is 2.